The molecule has 1 aliphatic rings. The summed E-state index contributed by atoms with van der Waals surface area (Å²) in [5, 5.41) is 3.45. The van der Waals surface area contributed by atoms with E-state index >= 15 is 0 Å². The fourth-order valence-electron chi connectivity index (χ4n) is 1.90. The number of aromatic nitrogens is 1. The number of aryl methyl sites for hydroxylation is 1. The normalized spacial score (nSPS) is 17.2. The van der Waals surface area contributed by atoms with Gasteiger partial charge >= 0.3 is 0 Å². The van der Waals surface area contributed by atoms with Crippen LogP contribution in [-0.4, -0.2) is 49.3 Å². The van der Waals surface area contributed by atoms with Gasteiger partial charge in [0.2, 0.25) is 0 Å². The minimum atomic E-state index is 0.877. The van der Waals surface area contributed by atoms with E-state index in [4.69, 9.17) is 4.74 Å². The van der Waals surface area contributed by atoms with Crippen molar-refractivity contribution in [3.8, 4) is 0 Å². The molecule has 1 aromatic rings. The average molecular weight is 235 g/mol. The number of morpholine rings is 1. The minimum absolute atomic E-state index is 0.877. The minimum Gasteiger partial charge on any atom is -0.379 e. The molecule has 0 bridgehead atoms. The molecule has 0 spiro atoms. The van der Waals surface area contributed by atoms with Crippen molar-refractivity contribution in [2.24, 2.45) is 0 Å². The molecular formula is C13H21N3O. The van der Waals surface area contributed by atoms with E-state index in [9.17, 15) is 0 Å². The second kappa shape index (κ2) is 6.69. The zero-order valence-corrected chi connectivity index (χ0v) is 10.5. The number of ether oxygens (including phenoxy) is 1. The average Bonchev–Trinajstić information content (AvgIpc) is 2.38. The maximum absolute atomic E-state index is 5.32. The third-order valence-corrected chi connectivity index (χ3v) is 3.01. The molecule has 1 aliphatic heterocycles. The fraction of sp³-hybridized carbons (Fsp3) is 0.615. The number of rotatable bonds is 5. The standard InChI is InChI=1S/C13H21N3O/c1-12-2-3-13(11-15-12)10-14-4-5-16-6-8-17-9-7-16/h2-3,11,14H,4-10H2,1H3. The molecule has 0 atom stereocenters. The number of nitrogens with one attached hydrogen (secondary N) is 1. The highest BCUT2D eigenvalue weighted by Crippen LogP contribution is 1.99. The van der Waals surface area contributed by atoms with Crippen molar-refractivity contribution < 1.29 is 4.74 Å². The molecule has 1 saturated heterocycles. The van der Waals surface area contributed by atoms with Crippen LogP contribution < -0.4 is 5.32 Å². The Morgan fingerprint density at radius 2 is 2.18 bits per heavy atom. The Hall–Kier alpha value is -0.970. The molecule has 0 unspecified atom stereocenters. The second-order valence-electron chi connectivity index (χ2n) is 4.44. The first-order valence-corrected chi connectivity index (χ1v) is 6.27. The maximum Gasteiger partial charge on any atom is 0.0594 e. The first kappa shape index (κ1) is 12.5. The van der Waals surface area contributed by atoms with Gasteiger partial charge < -0.3 is 10.1 Å². The second-order valence-corrected chi connectivity index (χ2v) is 4.44. The van der Waals surface area contributed by atoms with E-state index in [0.717, 1.165) is 51.6 Å². The van der Waals surface area contributed by atoms with Crippen molar-refractivity contribution >= 4 is 0 Å². The Kier molecular flexibility index (Phi) is 4.91. The molecule has 0 amide bonds. The van der Waals surface area contributed by atoms with E-state index in [2.05, 4.69) is 27.3 Å². The van der Waals surface area contributed by atoms with Crippen LogP contribution >= 0.6 is 0 Å². The van der Waals surface area contributed by atoms with Gasteiger partial charge in [-0.2, -0.15) is 0 Å². The summed E-state index contributed by atoms with van der Waals surface area (Å²) < 4.78 is 5.32. The summed E-state index contributed by atoms with van der Waals surface area (Å²) in [6, 6.07) is 4.18. The predicted octanol–water partition coefficient (Wildman–Crippen LogP) is 0.812. The Morgan fingerprint density at radius 1 is 1.35 bits per heavy atom. The lowest BCUT2D eigenvalue weighted by Gasteiger charge is -2.26. The van der Waals surface area contributed by atoms with Crippen molar-refractivity contribution in [1.29, 1.82) is 0 Å². The molecule has 1 fully saturated rings. The highest BCUT2D eigenvalue weighted by atomic mass is 16.5. The van der Waals surface area contributed by atoms with Gasteiger partial charge in [-0.25, -0.2) is 0 Å². The molecule has 17 heavy (non-hydrogen) atoms. The molecule has 0 saturated carbocycles. The van der Waals surface area contributed by atoms with E-state index in [1.807, 2.05) is 13.1 Å². The van der Waals surface area contributed by atoms with Gasteiger partial charge in [-0.15, -0.1) is 0 Å². The van der Waals surface area contributed by atoms with Gasteiger partial charge in [0.25, 0.3) is 0 Å². The summed E-state index contributed by atoms with van der Waals surface area (Å²) in [6.07, 6.45) is 1.94. The van der Waals surface area contributed by atoms with Crippen molar-refractivity contribution in [2.75, 3.05) is 39.4 Å². The smallest absolute Gasteiger partial charge is 0.0594 e. The SMILES string of the molecule is Cc1ccc(CNCCN2CCOCC2)cn1. The Labute approximate surface area is 103 Å². The summed E-state index contributed by atoms with van der Waals surface area (Å²) in [5.74, 6) is 0. The quantitative estimate of drug-likeness (QED) is 0.767. The van der Waals surface area contributed by atoms with Gasteiger partial charge in [0.05, 0.1) is 13.2 Å². The molecular weight excluding hydrogens is 214 g/mol. The predicted molar refractivity (Wildman–Crippen MR) is 67.9 cm³/mol. The van der Waals surface area contributed by atoms with E-state index < -0.39 is 0 Å². The first-order valence-electron chi connectivity index (χ1n) is 6.27. The summed E-state index contributed by atoms with van der Waals surface area (Å²) in [4.78, 5) is 6.72. The Morgan fingerprint density at radius 3 is 2.88 bits per heavy atom. The third-order valence-electron chi connectivity index (χ3n) is 3.01. The van der Waals surface area contributed by atoms with Crippen LogP contribution in [0, 0.1) is 6.92 Å². The molecule has 0 aliphatic carbocycles. The lowest BCUT2D eigenvalue weighted by molar-refractivity contribution is 0.0384. The largest absolute Gasteiger partial charge is 0.379 e. The molecule has 94 valence electrons. The lowest BCUT2D eigenvalue weighted by atomic mass is 10.2. The highest BCUT2D eigenvalue weighted by molar-refractivity contribution is 5.12. The summed E-state index contributed by atoms with van der Waals surface area (Å²) >= 11 is 0. The maximum atomic E-state index is 5.32. The highest BCUT2D eigenvalue weighted by Gasteiger charge is 2.08. The number of nitrogens with zero attached hydrogens (tertiary/aromatic N) is 2. The van der Waals surface area contributed by atoms with Crippen LogP contribution in [0.4, 0.5) is 0 Å². The van der Waals surface area contributed by atoms with Crippen LogP contribution in [0.2, 0.25) is 0 Å². The first-order chi connectivity index (χ1) is 8.34. The van der Waals surface area contributed by atoms with E-state index in [0.29, 0.717) is 0 Å². The van der Waals surface area contributed by atoms with Gasteiger partial charge in [-0.3, -0.25) is 9.88 Å². The summed E-state index contributed by atoms with van der Waals surface area (Å²) in [5.41, 5.74) is 2.32. The molecule has 4 heteroatoms. The van der Waals surface area contributed by atoms with Crippen molar-refractivity contribution in [3.63, 3.8) is 0 Å². The topological polar surface area (TPSA) is 37.4 Å². The zero-order chi connectivity index (χ0) is 11.9. The van der Waals surface area contributed by atoms with Crippen LogP contribution in [0.1, 0.15) is 11.3 Å². The monoisotopic (exact) mass is 235 g/mol. The van der Waals surface area contributed by atoms with E-state index in [1.54, 1.807) is 0 Å². The Balaban J connectivity index is 1.60. The van der Waals surface area contributed by atoms with Crippen molar-refractivity contribution in [2.45, 2.75) is 13.5 Å². The third kappa shape index (κ3) is 4.42. The summed E-state index contributed by atoms with van der Waals surface area (Å²) in [6.45, 7) is 8.91. The fourth-order valence-corrected chi connectivity index (χ4v) is 1.90. The van der Waals surface area contributed by atoms with Crippen LogP contribution in [0.3, 0.4) is 0 Å². The van der Waals surface area contributed by atoms with Crippen molar-refractivity contribution in [1.82, 2.24) is 15.2 Å². The van der Waals surface area contributed by atoms with Gasteiger partial charge in [-0.05, 0) is 18.6 Å². The lowest BCUT2D eigenvalue weighted by Crippen LogP contribution is -2.40. The molecule has 1 aromatic heterocycles. The summed E-state index contributed by atoms with van der Waals surface area (Å²) in [7, 11) is 0. The molecule has 0 radical (unpaired) electrons. The molecule has 2 rings (SSSR count). The van der Waals surface area contributed by atoms with Crippen LogP contribution in [0.15, 0.2) is 18.3 Å². The molecule has 1 N–H and O–H groups in total. The molecule has 2 heterocycles. The van der Waals surface area contributed by atoms with Gasteiger partial charge in [0.15, 0.2) is 0 Å². The number of hydrogen-bond acceptors (Lipinski definition) is 4. The van der Waals surface area contributed by atoms with Crippen LogP contribution in [0.25, 0.3) is 0 Å². The van der Waals surface area contributed by atoms with Gasteiger partial charge in [0.1, 0.15) is 0 Å². The number of hydrogen-bond donors (Lipinski definition) is 1. The van der Waals surface area contributed by atoms with Gasteiger partial charge in [-0.1, -0.05) is 6.07 Å². The Bertz CT molecular complexity index is 320. The van der Waals surface area contributed by atoms with Crippen LogP contribution in [-0.2, 0) is 11.3 Å². The molecule has 4 nitrogen and oxygen atoms in total. The van der Waals surface area contributed by atoms with Crippen LogP contribution in [0.5, 0.6) is 0 Å². The van der Waals surface area contributed by atoms with E-state index in [1.165, 1.54) is 5.56 Å². The number of pyridine rings is 1. The van der Waals surface area contributed by atoms with E-state index in [-0.39, 0.29) is 0 Å². The zero-order valence-electron chi connectivity index (χ0n) is 10.5. The van der Waals surface area contributed by atoms with Gasteiger partial charge in [0, 0.05) is 44.6 Å². The van der Waals surface area contributed by atoms with Crippen molar-refractivity contribution in [3.05, 3.63) is 29.6 Å². The molecule has 0 aromatic carbocycles.